The molecule has 0 aliphatic carbocycles. The fourth-order valence-corrected chi connectivity index (χ4v) is 1.65. The minimum Gasteiger partial charge on any atom is -0.373 e. The molecule has 0 amide bonds. The first-order valence-electron chi connectivity index (χ1n) is 6.08. The molecule has 17 heavy (non-hydrogen) atoms. The average Bonchev–Trinajstić information content (AvgIpc) is 2.28. The second-order valence-electron chi connectivity index (χ2n) is 4.81. The van der Waals surface area contributed by atoms with Gasteiger partial charge in [0.05, 0.1) is 17.6 Å². The van der Waals surface area contributed by atoms with Gasteiger partial charge >= 0.3 is 0 Å². The van der Waals surface area contributed by atoms with E-state index in [-0.39, 0.29) is 6.04 Å². The zero-order valence-electron chi connectivity index (χ0n) is 11.3. The molecule has 0 spiro atoms. The predicted molar refractivity (Wildman–Crippen MR) is 73.3 cm³/mol. The lowest BCUT2D eigenvalue weighted by Gasteiger charge is -2.20. The Morgan fingerprint density at radius 1 is 1.24 bits per heavy atom. The van der Waals surface area contributed by atoms with Crippen molar-refractivity contribution in [1.82, 2.24) is 9.88 Å². The lowest BCUT2D eigenvalue weighted by Crippen LogP contribution is -2.23. The molecule has 0 unspecified atom stereocenters. The highest BCUT2D eigenvalue weighted by Gasteiger charge is 2.04. The molecule has 0 aromatic carbocycles. The van der Waals surface area contributed by atoms with E-state index in [1.165, 1.54) is 0 Å². The van der Waals surface area contributed by atoms with Crippen LogP contribution in [0.4, 0.5) is 5.69 Å². The smallest absolute Gasteiger partial charge is 0.0569 e. The quantitative estimate of drug-likeness (QED) is 0.813. The van der Waals surface area contributed by atoms with Gasteiger partial charge in [0.2, 0.25) is 0 Å². The van der Waals surface area contributed by atoms with Crippen molar-refractivity contribution in [3.8, 4) is 0 Å². The summed E-state index contributed by atoms with van der Waals surface area (Å²) in [4.78, 5) is 8.79. The number of rotatable bonds is 6. The van der Waals surface area contributed by atoms with Gasteiger partial charge in [0.15, 0.2) is 0 Å². The Morgan fingerprint density at radius 2 is 1.94 bits per heavy atom. The third-order valence-corrected chi connectivity index (χ3v) is 2.78. The molecule has 0 fully saturated rings. The summed E-state index contributed by atoms with van der Waals surface area (Å²) in [5, 5.41) is 0. The lowest BCUT2D eigenvalue weighted by molar-refractivity contribution is 0.401. The summed E-state index contributed by atoms with van der Waals surface area (Å²) in [5.41, 5.74) is 7.86. The van der Waals surface area contributed by atoms with Crippen LogP contribution in [0.1, 0.15) is 25.1 Å². The molecule has 1 atom stereocenters. The summed E-state index contributed by atoms with van der Waals surface area (Å²) in [6.45, 7) is 4.09. The first kappa shape index (κ1) is 13.9. The number of hydrogen-bond acceptors (Lipinski definition) is 4. The Morgan fingerprint density at radius 3 is 2.41 bits per heavy atom. The van der Waals surface area contributed by atoms with Crippen LogP contribution in [-0.4, -0.2) is 44.1 Å². The Kier molecular flexibility index (Phi) is 5.38. The highest BCUT2D eigenvalue weighted by Crippen LogP contribution is 2.14. The zero-order chi connectivity index (χ0) is 12.8. The molecule has 1 aromatic heterocycles. The Labute approximate surface area is 104 Å². The van der Waals surface area contributed by atoms with Gasteiger partial charge in [0.1, 0.15) is 0 Å². The number of nitrogens with two attached hydrogens (primary N) is 1. The van der Waals surface area contributed by atoms with Gasteiger partial charge in [-0.15, -0.1) is 0 Å². The second kappa shape index (κ2) is 6.57. The SMILES string of the molecule is C[C@@H](N)c1ccc(N(C)CCCN(C)C)cn1. The van der Waals surface area contributed by atoms with Crippen molar-refractivity contribution in [1.29, 1.82) is 0 Å². The van der Waals surface area contributed by atoms with E-state index >= 15 is 0 Å². The van der Waals surface area contributed by atoms with Gasteiger partial charge < -0.3 is 15.5 Å². The third-order valence-electron chi connectivity index (χ3n) is 2.78. The molecular formula is C13H24N4. The van der Waals surface area contributed by atoms with Crippen molar-refractivity contribution in [3.63, 3.8) is 0 Å². The van der Waals surface area contributed by atoms with Crippen molar-refractivity contribution in [2.45, 2.75) is 19.4 Å². The fourth-order valence-electron chi connectivity index (χ4n) is 1.65. The first-order chi connectivity index (χ1) is 8.00. The molecule has 4 nitrogen and oxygen atoms in total. The number of anilines is 1. The van der Waals surface area contributed by atoms with E-state index in [2.05, 4.69) is 42.0 Å². The lowest BCUT2D eigenvalue weighted by atomic mass is 10.2. The average molecular weight is 236 g/mol. The monoisotopic (exact) mass is 236 g/mol. The minimum atomic E-state index is 0.00287. The Balaban J connectivity index is 2.48. The predicted octanol–water partition coefficient (Wildman–Crippen LogP) is 1.49. The van der Waals surface area contributed by atoms with Crippen molar-refractivity contribution in [2.75, 3.05) is 39.1 Å². The van der Waals surface area contributed by atoms with Gasteiger partial charge in [-0.2, -0.15) is 0 Å². The van der Waals surface area contributed by atoms with Crippen molar-refractivity contribution in [2.24, 2.45) is 5.73 Å². The number of hydrogen-bond donors (Lipinski definition) is 1. The Hall–Kier alpha value is -1.13. The van der Waals surface area contributed by atoms with Crippen LogP contribution in [0.15, 0.2) is 18.3 Å². The molecule has 0 aliphatic rings. The molecule has 1 heterocycles. The van der Waals surface area contributed by atoms with Gasteiger partial charge in [-0.1, -0.05) is 0 Å². The van der Waals surface area contributed by atoms with Crippen molar-refractivity contribution in [3.05, 3.63) is 24.0 Å². The maximum absolute atomic E-state index is 5.77. The summed E-state index contributed by atoms with van der Waals surface area (Å²) in [6, 6.07) is 4.09. The normalized spacial score (nSPS) is 12.8. The van der Waals surface area contributed by atoms with Gasteiger partial charge in [-0.05, 0) is 46.1 Å². The molecule has 1 aromatic rings. The zero-order valence-corrected chi connectivity index (χ0v) is 11.3. The molecule has 0 saturated carbocycles. The first-order valence-corrected chi connectivity index (χ1v) is 6.08. The van der Waals surface area contributed by atoms with Crippen LogP contribution < -0.4 is 10.6 Å². The number of pyridine rings is 1. The van der Waals surface area contributed by atoms with Crippen LogP contribution in [-0.2, 0) is 0 Å². The van der Waals surface area contributed by atoms with Crippen LogP contribution >= 0.6 is 0 Å². The van der Waals surface area contributed by atoms with E-state index in [9.17, 15) is 0 Å². The van der Waals surface area contributed by atoms with Gasteiger partial charge in [-0.25, -0.2) is 0 Å². The number of aromatic nitrogens is 1. The molecule has 96 valence electrons. The molecule has 0 bridgehead atoms. The summed E-state index contributed by atoms with van der Waals surface area (Å²) < 4.78 is 0. The summed E-state index contributed by atoms with van der Waals surface area (Å²) in [7, 11) is 6.29. The summed E-state index contributed by atoms with van der Waals surface area (Å²) in [6.07, 6.45) is 3.05. The van der Waals surface area contributed by atoms with E-state index in [1.807, 2.05) is 19.2 Å². The van der Waals surface area contributed by atoms with E-state index in [1.54, 1.807) is 0 Å². The van der Waals surface area contributed by atoms with E-state index in [4.69, 9.17) is 5.73 Å². The molecule has 0 radical (unpaired) electrons. The van der Waals surface area contributed by atoms with Gasteiger partial charge in [0, 0.05) is 19.6 Å². The van der Waals surface area contributed by atoms with E-state index in [0.29, 0.717) is 0 Å². The molecule has 1 rings (SSSR count). The van der Waals surface area contributed by atoms with Crippen molar-refractivity contribution < 1.29 is 0 Å². The van der Waals surface area contributed by atoms with E-state index in [0.717, 1.165) is 30.9 Å². The molecule has 2 N–H and O–H groups in total. The van der Waals surface area contributed by atoms with Crippen LogP contribution in [0.3, 0.4) is 0 Å². The topological polar surface area (TPSA) is 45.4 Å². The van der Waals surface area contributed by atoms with Crippen LogP contribution in [0.5, 0.6) is 0 Å². The van der Waals surface area contributed by atoms with E-state index < -0.39 is 0 Å². The second-order valence-corrected chi connectivity index (χ2v) is 4.81. The minimum absolute atomic E-state index is 0.00287. The fraction of sp³-hybridized carbons (Fsp3) is 0.615. The molecular weight excluding hydrogens is 212 g/mol. The summed E-state index contributed by atoms with van der Waals surface area (Å²) >= 11 is 0. The number of nitrogens with zero attached hydrogens (tertiary/aromatic N) is 3. The van der Waals surface area contributed by atoms with Gasteiger partial charge in [-0.3, -0.25) is 4.98 Å². The highest BCUT2D eigenvalue weighted by molar-refractivity contribution is 5.43. The molecule has 4 heteroatoms. The van der Waals surface area contributed by atoms with Crippen LogP contribution in [0.2, 0.25) is 0 Å². The third kappa shape index (κ3) is 4.71. The largest absolute Gasteiger partial charge is 0.373 e. The maximum Gasteiger partial charge on any atom is 0.0569 e. The van der Waals surface area contributed by atoms with Crippen LogP contribution in [0.25, 0.3) is 0 Å². The highest BCUT2D eigenvalue weighted by atomic mass is 15.1. The van der Waals surface area contributed by atoms with Gasteiger partial charge in [0.25, 0.3) is 0 Å². The molecule has 0 aliphatic heterocycles. The van der Waals surface area contributed by atoms with Crippen molar-refractivity contribution >= 4 is 5.69 Å². The molecule has 0 saturated heterocycles. The van der Waals surface area contributed by atoms with Crippen LogP contribution in [0, 0.1) is 0 Å². The Bertz CT molecular complexity index is 319. The maximum atomic E-state index is 5.77. The standard InChI is InChI=1S/C13H24N4/c1-11(14)13-7-6-12(10-15-13)17(4)9-5-8-16(2)3/h6-7,10-11H,5,8-9,14H2,1-4H3/t11-/m1/s1. The summed E-state index contributed by atoms with van der Waals surface area (Å²) in [5.74, 6) is 0.